The van der Waals surface area contributed by atoms with E-state index >= 15 is 0 Å². The van der Waals surface area contributed by atoms with Crippen molar-refractivity contribution in [1.29, 1.82) is 0 Å². The molecule has 2 N–H and O–H groups in total. The number of unbranched alkanes of at least 4 members (excludes halogenated alkanes) is 8. The molecule has 1 radical (unpaired) electrons. The molecule has 0 aliphatic rings. The van der Waals surface area contributed by atoms with E-state index in [1.54, 1.807) is 0 Å². The smallest absolute Gasteiger partial charge is 0.0431 e. The normalized spacial score (nSPS) is 10.6. The summed E-state index contributed by atoms with van der Waals surface area (Å²) in [6.07, 6.45) is 11.3. The summed E-state index contributed by atoms with van der Waals surface area (Å²) in [7, 11) is 0. The van der Waals surface area contributed by atoms with Crippen molar-refractivity contribution >= 4 is 0 Å². The molecule has 0 unspecified atom stereocenters. The standard InChI is InChI=1S/C11H23O2/c12-10-8-6-4-2-1-3-5-7-9-11-13/h2,12-13H,1,3-11H2. The highest BCUT2D eigenvalue weighted by Gasteiger charge is 1.91. The van der Waals surface area contributed by atoms with Crippen LogP contribution in [-0.4, -0.2) is 23.4 Å². The predicted octanol–water partition coefficient (Wildman–Crippen LogP) is 2.30. The number of hydrogen-bond donors (Lipinski definition) is 2. The topological polar surface area (TPSA) is 40.5 Å². The van der Waals surface area contributed by atoms with Crippen molar-refractivity contribution in [3.8, 4) is 0 Å². The average Bonchev–Trinajstić information content (AvgIpc) is 2.16. The molecule has 13 heavy (non-hydrogen) atoms. The Bertz CT molecular complexity index is 74.2. The lowest BCUT2D eigenvalue weighted by molar-refractivity contribution is 0.282. The first kappa shape index (κ1) is 12.9. The van der Waals surface area contributed by atoms with Crippen LogP contribution in [0.25, 0.3) is 0 Å². The maximum Gasteiger partial charge on any atom is 0.0431 e. The lowest BCUT2D eigenvalue weighted by Crippen LogP contribution is -1.86. The second-order valence-corrected chi connectivity index (χ2v) is 3.43. The summed E-state index contributed by atoms with van der Waals surface area (Å²) in [6, 6.07) is 0. The second kappa shape index (κ2) is 11.9. The van der Waals surface area contributed by atoms with Crippen molar-refractivity contribution in [2.24, 2.45) is 0 Å². The molecule has 0 heterocycles. The number of aliphatic hydroxyl groups is 2. The van der Waals surface area contributed by atoms with Gasteiger partial charge in [0.1, 0.15) is 0 Å². The van der Waals surface area contributed by atoms with E-state index in [1.165, 1.54) is 19.3 Å². The molecule has 0 aliphatic carbocycles. The Hall–Kier alpha value is -0.0800. The number of aliphatic hydroxyl groups excluding tert-OH is 2. The summed E-state index contributed by atoms with van der Waals surface area (Å²) in [6.45, 7) is 0.657. The number of rotatable bonds is 10. The zero-order valence-corrected chi connectivity index (χ0v) is 8.54. The fourth-order valence-corrected chi connectivity index (χ4v) is 1.30. The van der Waals surface area contributed by atoms with Crippen molar-refractivity contribution < 1.29 is 10.2 Å². The zero-order chi connectivity index (χ0) is 9.78. The van der Waals surface area contributed by atoms with Gasteiger partial charge < -0.3 is 10.2 Å². The van der Waals surface area contributed by atoms with E-state index in [2.05, 4.69) is 6.42 Å². The van der Waals surface area contributed by atoms with Gasteiger partial charge in [-0.25, -0.2) is 0 Å². The van der Waals surface area contributed by atoms with E-state index in [0.29, 0.717) is 13.2 Å². The Morgan fingerprint density at radius 1 is 0.615 bits per heavy atom. The van der Waals surface area contributed by atoms with Gasteiger partial charge in [-0.1, -0.05) is 38.5 Å². The molecule has 0 spiro atoms. The van der Waals surface area contributed by atoms with E-state index < -0.39 is 0 Å². The largest absolute Gasteiger partial charge is 0.396 e. The molecule has 0 bridgehead atoms. The Morgan fingerprint density at radius 3 is 1.69 bits per heavy atom. The van der Waals surface area contributed by atoms with Gasteiger partial charge in [-0.2, -0.15) is 0 Å². The van der Waals surface area contributed by atoms with E-state index in [1.807, 2.05) is 0 Å². The molecule has 2 nitrogen and oxygen atoms in total. The van der Waals surface area contributed by atoms with E-state index in [9.17, 15) is 0 Å². The zero-order valence-electron chi connectivity index (χ0n) is 8.54. The van der Waals surface area contributed by atoms with Crippen LogP contribution in [0.2, 0.25) is 0 Å². The van der Waals surface area contributed by atoms with Crippen LogP contribution < -0.4 is 0 Å². The first-order valence-electron chi connectivity index (χ1n) is 5.45. The van der Waals surface area contributed by atoms with Gasteiger partial charge in [-0.05, 0) is 19.3 Å². The van der Waals surface area contributed by atoms with Crippen LogP contribution >= 0.6 is 0 Å². The van der Waals surface area contributed by atoms with Gasteiger partial charge >= 0.3 is 0 Å². The van der Waals surface area contributed by atoms with Crippen LogP contribution in [-0.2, 0) is 0 Å². The number of hydrogen-bond acceptors (Lipinski definition) is 2. The van der Waals surface area contributed by atoms with E-state index in [-0.39, 0.29) is 0 Å². The molecule has 0 saturated carbocycles. The third-order valence-electron chi connectivity index (χ3n) is 2.13. The van der Waals surface area contributed by atoms with Gasteiger partial charge in [-0.3, -0.25) is 0 Å². The van der Waals surface area contributed by atoms with Crippen LogP contribution in [0.4, 0.5) is 0 Å². The molecular weight excluding hydrogens is 164 g/mol. The Morgan fingerprint density at radius 2 is 1.08 bits per heavy atom. The monoisotopic (exact) mass is 187 g/mol. The highest BCUT2D eigenvalue weighted by atomic mass is 16.3. The maximum atomic E-state index is 8.53. The molecule has 0 atom stereocenters. The summed E-state index contributed by atoms with van der Waals surface area (Å²) in [5.41, 5.74) is 0. The Kier molecular flexibility index (Phi) is 11.8. The average molecular weight is 187 g/mol. The van der Waals surface area contributed by atoms with Gasteiger partial charge in [-0.15, -0.1) is 0 Å². The molecule has 0 fully saturated rings. The Labute approximate surface area is 82.0 Å². The van der Waals surface area contributed by atoms with Crippen LogP contribution in [0.1, 0.15) is 51.4 Å². The van der Waals surface area contributed by atoms with Crippen molar-refractivity contribution in [2.75, 3.05) is 13.2 Å². The molecule has 0 aromatic carbocycles. The summed E-state index contributed by atoms with van der Waals surface area (Å²) < 4.78 is 0. The maximum absolute atomic E-state index is 8.53. The highest BCUT2D eigenvalue weighted by molar-refractivity contribution is 4.64. The minimum atomic E-state index is 0.324. The summed E-state index contributed by atoms with van der Waals surface area (Å²) in [5.74, 6) is 0. The Balaban J connectivity index is 2.76. The predicted molar refractivity (Wildman–Crippen MR) is 55.4 cm³/mol. The molecule has 79 valence electrons. The van der Waals surface area contributed by atoms with Crippen molar-refractivity contribution in [2.45, 2.75) is 51.4 Å². The molecule has 0 aliphatic heterocycles. The minimum Gasteiger partial charge on any atom is -0.396 e. The third kappa shape index (κ3) is 11.9. The van der Waals surface area contributed by atoms with Crippen molar-refractivity contribution in [3.05, 3.63) is 6.42 Å². The minimum absolute atomic E-state index is 0.324. The second-order valence-electron chi connectivity index (χ2n) is 3.43. The van der Waals surface area contributed by atoms with Gasteiger partial charge in [0.25, 0.3) is 0 Å². The molecular formula is C11H23O2. The fraction of sp³-hybridized carbons (Fsp3) is 0.909. The fourth-order valence-electron chi connectivity index (χ4n) is 1.30. The van der Waals surface area contributed by atoms with Crippen LogP contribution in [0.5, 0.6) is 0 Å². The highest BCUT2D eigenvalue weighted by Crippen LogP contribution is 2.08. The van der Waals surface area contributed by atoms with Gasteiger partial charge in [0, 0.05) is 13.2 Å². The summed E-state index contributed by atoms with van der Waals surface area (Å²) in [4.78, 5) is 0. The van der Waals surface area contributed by atoms with Crippen LogP contribution in [0, 0.1) is 6.42 Å². The van der Waals surface area contributed by atoms with Gasteiger partial charge in [0.2, 0.25) is 0 Å². The SMILES string of the molecule is OCCCC[CH]CCCCCCO. The van der Waals surface area contributed by atoms with Crippen LogP contribution in [0.3, 0.4) is 0 Å². The van der Waals surface area contributed by atoms with Crippen molar-refractivity contribution in [3.63, 3.8) is 0 Å². The molecule has 0 aromatic rings. The molecule has 0 aromatic heterocycles. The summed E-state index contributed by atoms with van der Waals surface area (Å²) in [5, 5.41) is 17.1. The van der Waals surface area contributed by atoms with Gasteiger partial charge in [0.05, 0.1) is 0 Å². The van der Waals surface area contributed by atoms with Crippen molar-refractivity contribution in [1.82, 2.24) is 0 Å². The summed E-state index contributed by atoms with van der Waals surface area (Å²) >= 11 is 0. The lowest BCUT2D eigenvalue weighted by atomic mass is 10.1. The van der Waals surface area contributed by atoms with E-state index in [0.717, 1.165) is 32.1 Å². The molecule has 0 saturated heterocycles. The first-order valence-corrected chi connectivity index (χ1v) is 5.45. The quantitative estimate of drug-likeness (QED) is 0.515. The first-order chi connectivity index (χ1) is 6.41. The third-order valence-corrected chi connectivity index (χ3v) is 2.13. The molecule has 0 rings (SSSR count). The molecule has 2 heteroatoms. The lowest BCUT2D eigenvalue weighted by Gasteiger charge is -2.00. The van der Waals surface area contributed by atoms with Crippen LogP contribution in [0.15, 0.2) is 0 Å². The molecule has 0 amide bonds. The van der Waals surface area contributed by atoms with E-state index in [4.69, 9.17) is 10.2 Å². The van der Waals surface area contributed by atoms with Gasteiger partial charge in [0.15, 0.2) is 0 Å².